The van der Waals surface area contributed by atoms with Gasteiger partial charge < -0.3 is 35.9 Å². The molecule has 10 nitrogen and oxygen atoms in total. The second kappa shape index (κ2) is 13.7. The van der Waals surface area contributed by atoms with Crippen molar-refractivity contribution in [3.05, 3.63) is 35.6 Å². The van der Waals surface area contributed by atoms with Gasteiger partial charge in [-0.05, 0) is 18.9 Å². The molecule has 1 aliphatic heterocycles. The second-order valence-corrected chi connectivity index (χ2v) is 7.21. The predicted octanol–water partition coefficient (Wildman–Crippen LogP) is 1.62. The molecule has 1 fully saturated rings. The number of aromatic nitrogens is 3. The first-order valence-corrected chi connectivity index (χ1v) is 10.9. The van der Waals surface area contributed by atoms with Gasteiger partial charge in [0, 0.05) is 38.3 Å². The summed E-state index contributed by atoms with van der Waals surface area (Å²) in [5.41, 5.74) is 5.90. The molecule has 1 aromatic carbocycles. The average molecular weight is 450 g/mol. The van der Waals surface area contributed by atoms with E-state index in [2.05, 4.69) is 30.9 Å². The fourth-order valence-corrected chi connectivity index (χ4v) is 3.08. The first-order chi connectivity index (χ1) is 15.7. The van der Waals surface area contributed by atoms with Gasteiger partial charge in [-0.15, -0.1) is 0 Å². The van der Waals surface area contributed by atoms with Crippen LogP contribution in [0.25, 0.3) is 0 Å². The van der Waals surface area contributed by atoms with E-state index in [0.29, 0.717) is 69.5 Å². The number of benzene rings is 1. The van der Waals surface area contributed by atoms with Crippen LogP contribution in [0.1, 0.15) is 18.4 Å². The Balaban J connectivity index is 1.53. The smallest absolute Gasteiger partial charge is 0.229 e. The molecule has 11 heteroatoms. The fraction of sp³-hybridized carbons (Fsp3) is 0.571. The number of ether oxygens (including phenoxy) is 3. The highest BCUT2D eigenvalue weighted by molar-refractivity contribution is 5.42. The number of rotatable bonds is 15. The molecule has 2 heterocycles. The zero-order valence-electron chi connectivity index (χ0n) is 18.2. The van der Waals surface area contributed by atoms with E-state index in [1.807, 2.05) is 0 Å². The summed E-state index contributed by atoms with van der Waals surface area (Å²) in [6.07, 6.45) is 2.21. The molecule has 2 aromatic rings. The molecule has 5 N–H and O–H groups in total. The van der Waals surface area contributed by atoms with Crippen molar-refractivity contribution in [2.75, 3.05) is 68.6 Å². The van der Waals surface area contributed by atoms with Gasteiger partial charge in [-0.2, -0.15) is 15.0 Å². The SMILES string of the molecule is NCCOCCOCCNc1nc(NCc2ccccc2F)nc(NCC2CCCO2)n1. The Morgan fingerprint density at radius 3 is 2.41 bits per heavy atom. The van der Waals surface area contributed by atoms with Crippen LogP contribution >= 0.6 is 0 Å². The van der Waals surface area contributed by atoms with Crippen molar-refractivity contribution < 1.29 is 18.6 Å². The van der Waals surface area contributed by atoms with E-state index < -0.39 is 0 Å². The van der Waals surface area contributed by atoms with E-state index >= 15 is 0 Å². The van der Waals surface area contributed by atoms with Gasteiger partial charge >= 0.3 is 0 Å². The minimum absolute atomic E-state index is 0.146. The third-order valence-electron chi connectivity index (χ3n) is 4.71. The molecule has 1 aromatic heterocycles. The van der Waals surface area contributed by atoms with Crippen molar-refractivity contribution in [2.24, 2.45) is 5.73 Å². The summed E-state index contributed by atoms with van der Waals surface area (Å²) in [7, 11) is 0. The maximum atomic E-state index is 13.9. The summed E-state index contributed by atoms with van der Waals surface area (Å²) >= 11 is 0. The van der Waals surface area contributed by atoms with Crippen LogP contribution in [0.15, 0.2) is 24.3 Å². The normalized spacial score (nSPS) is 15.6. The summed E-state index contributed by atoms with van der Waals surface area (Å²) in [6.45, 7) is 4.65. The molecule has 1 saturated heterocycles. The monoisotopic (exact) mass is 449 g/mol. The third kappa shape index (κ3) is 8.50. The van der Waals surface area contributed by atoms with Crippen molar-refractivity contribution in [3.63, 3.8) is 0 Å². The lowest BCUT2D eigenvalue weighted by atomic mass is 10.2. The molecule has 0 aliphatic carbocycles. The minimum Gasteiger partial charge on any atom is -0.378 e. The number of nitrogens with one attached hydrogen (secondary N) is 3. The molecule has 0 bridgehead atoms. The lowest BCUT2D eigenvalue weighted by molar-refractivity contribution is 0.0547. The van der Waals surface area contributed by atoms with Crippen LogP contribution in [-0.4, -0.2) is 73.7 Å². The van der Waals surface area contributed by atoms with Gasteiger partial charge in [-0.3, -0.25) is 0 Å². The van der Waals surface area contributed by atoms with Crippen molar-refractivity contribution in [1.82, 2.24) is 15.0 Å². The molecule has 1 unspecified atom stereocenters. The first kappa shape index (κ1) is 24.1. The molecule has 0 amide bonds. The summed E-state index contributed by atoms with van der Waals surface area (Å²) < 4.78 is 30.3. The summed E-state index contributed by atoms with van der Waals surface area (Å²) in [5.74, 6) is 0.882. The van der Waals surface area contributed by atoms with Crippen molar-refractivity contribution >= 4 is 17.8 Å². The number of halogens is 1. The van der Waals surface area contributed by atoms with Gasteiger partial charge in [-0.1, -0.05) is 18.2 Å². The predicted molar refractivity (Wildman–Crippen MR) is 120 cm³/mol. The van der Waals surface area contributed by atoms with E-state index in [4.69, 9.17) is 19.9 Å². The molecule has 1 aliphatic rings. The Morgan fingerprint density at radius 1 is 0.969 bits per heavy atom. The minimum atomic E-state index is -0.281. The number of nitrogens with zero attached hydrogens (tertiary/aromatic N) is 3. The number of hydrogen-bond donors (Lipinski definition) is 4. The fourth-order valence-electron chi connectivity index (χ4n) is 3.08. The van der Waals surface area contributed by atoms with E-state index in [1.54, 1.807) is 18.2 Å². The first-order valence-electron chi connectivity index (χ1n) is 10.9. The van der Waals surface area contributed by atoms with Gasteiger partial charge in [0.1, 0.15) is 5.82 Å². The summed E-state index contributed by atoms with van der Waals surface area (Å²) in [5, 5.41) is 9.41. The van der Waals surface area contributed by atoms with E-state index in [1.165, 1.54) is 6.07 Å². The van der Waals surface area contributed by atoms with E-state index in [-0.39, 0.29) is 18.5 Å². The van der Waals surface area contributed by atoms with Crippen LogP contribution in [0.4, 0.5) is 22.2 Å². The largest absolute Gasteiger partial charge is 0.378 e. The maximum absolute atomic E-state index is 13.9. The Kier molecular flexibility index (Phi) is 10.3. The van der Waals surface area contributed by atoms with Crippen LogP contribution in [0.3, 0.4) is 0 Å². The average Bonchev–Trinajstić information content (AvgIpc) is 3.33. The molecule has 1 atom stereocenters. The number of anilines is 3. The van der Waals surface area contributed by atoms with Crippen LogP contribution in [0, 0.1) is 5.82 Å². The van der Waals surface area contributed by atoms with Crippen LogP contribution < -0.4 is 21.7 Å². The Bertz CT molecular complexity index is 809. The number of nitrogens with two attached hydrogens (primary N) is 1. The van der Waals surface area contributed by atoms with Crippen LogP contribution in [0.2, 0.25) is 0 Å². The van der Waals surface area contributed by atoms with Gasteiger partial charge in [-0.25, -0.2) is 4.39 Å². The third-order valence-corrected chi connectivity index (χ3v) is 4.71. The molecule has 0 saturated carbocycles. The highest BCUT2D eigenvalue weighted by Gasteiger charge is 2.16. The maximum Gasteiger partial charge on any atom is 0.229 e. The molecule has 176 valence electrons. The van der Waals surface area contributed by atoms with E-state index in [9.17, 15) is 4.39 Å². The zero-order chi connectivity index (χ0) is 22.4. The van der Waals surface area contributed by atoms with Crippen LogP contribution in [-0.2, 0) is 20.8 Å². The molecule has 32 heavy (non-hydrogen) atoms. The molecule has 0 spiro atoms. The second-order valence-electron chi connectivity index (χ2n) is 7.21. The lowest BCUT2D eigenvalue weighted by Gasteiger charge is -2.14. The zero-order valence-corrected chi connectivity index (χ0v) is 18.2. The van der Waals surface area contributed by atoms with Gasteiger partial charge in [0.25, 0.3) is 0 Å². The Hall–Kier alpha value is -2.60. The molecule has 0 radical (unpaired) electrons. The molecule has 3 rings (SSSR count). The highest BCUT2D eigenvalue weighted by Crippen LogP contribution is 2.15. The highest BCUT2D eigenvalue weighted by atomic mass is 19.1. The van der Waals surface area contributed by atoms with Gasteiger partial charge in [0.2, 0.25) is 17.8 Å². The van der Waals surface area contributed by atoms with Crippen molar-refractivity contribution in [2.45, 2.75) is 25.5 Å². The standard InChI is InChI=1S/C21H32FN7O3/c22-18-6-2-1-4-16(18)14-25-20-27-19(24-8-11-31-13-12-30-10-7-23)28-21(29-20)26-15-17-5-3-9-32-17/h1-2,4,6,17H,3,5,7-15,23H2,(H3,24,25,26,27,28,29). The van der Waals surface area contributed by atoms with Crippen molar-refractivity contribution in [1.29, 1.82) is 0 Å². The quantitative estimate of drug-likeness (QED) is 0.298. The van der Waals surface area contributed by atoms with Crippen LogP contribution in [0.5, 0.6) is 0 Å². The number of hydrogen-bond acceptors (Lipinski definition) is 10. The summed E-state index contributed by atoms with van der Waals surface area (Å²) in [6, 6.07) is 6.58. The Morgan fingerprint density at radius 2 is 1.69 bits per heavy atom. The topological polar surface area (TPSA) is 128 Å². The summed E-state index contributed by atoms with van der Waals surface area (Å²) in [4.78, 5) is 13.2. The molecular weight excluding hydrogens is 417 g/mol. The lowest BCUT2D eigenvalue weighted by Crippen LogP contribution is -2.21. The van der Waals surface area contributed by atoms with Crippen molar-refractivity contribution in [3.8, 4) is 0 Å². The van der Waals surface area contributed by atoms with Gasteiger partial charge in [0.05, 0.1) is 32.5 Å². The van der Waals surface area contributed by atoms with Gasteiger partial charge in [0.15, 0.2) is 0 Å². The van der Waals surface area contributed by atoms with E-state index in [0.717, 1.165) is 19.4 Å². The molecular formula is C21H32FN7O3. The Labute approximate surface area is 187 Å².